The Balaban J connectivity index is 1.98. The first-order chi connectivity index (χ1) is 13.1. The van der Waals surface area contributed by atoms with E-state index in [1.54, 1.807) is 31.2 Å². The number of hydrogen-bond acceptors (Lipinski definition) is 5. The molecule has 0 atom stereocenters. The standard InChI is InChI=1S/C21H17NO5/c1-3-27-21(25)19-16(11-8-9-15(26-2)14(23)10-11)17-18(22-19)12-6-4-5-7-13(12)20(17)24/h4-10,22-23H,3H2,1-2H3. The van der Waals surface area contributed by atoms with E-state index in [1.165, 1.54) is 13.2 Å². The number of esters is 1. The van der Waals surface area contributed by atoms with Crippen LogP contribution in [0.4, 0.5) is 0 Å². The van der Waals surface area contributed by atoms with Crippen LogP contribution in [0.25, 0.3) is 22.4 Å². The summed E-state index contributed by atoms with van der Waals surface area (Å²) in [6.45, 7) is 1.92. The van der Waals surface area contributed by atoms with Crippen molar-refractivity contribution < 1.29 is 24.2 Å². The number of H-pyrrole nitrogens is 1. The Hall–Kier alpha value is -3.54. The summed E-state index contributed by atoms with van der Waals surface area (Å²) >= 11 is 0. The van der Waals surface area contributed by atoms with E-state index in [-0.39, 0.29) is 23.8 Å². The molecule has 0 unspecified atom stereocenters. The van der Waals surface area contributed by atoms with Gasteiger partial charge in [-0.15, -0.1) is 0 Å². The smallest absolute Gasteiger partial charge is 0.355 e. The first-order valence-electron chi connectivity index (χ1n) is 8.51. The molecule has 2 aromatic carbocycles. The van der Waals surface area contributed by atoms with Crippen molar-refractivity contribution >= 4 is 11.8 Å². The average molecular weight is 363 g/mol. The predicted octanol–water partition coefficient (Wildman–Crippen LogP) is 3.78. The zero-order valence-corrected chi connectivity index (χ0v) is 14.8. The molecular formula is C21H17NO5. The number of nitrogens with one attached hydrogen (secondary N) is 1. The van der Waals surface area contributed by atoms with Crippen molar-refractivity contribution in [3.8, 4) is 33.9 Å². The Bertz CT molecular complexity index is 1080. The van der Waals surface area contributed by atoms with E-state index in [4.69, 9.17) is 9.47 Å². The molecule has 2 N–H and O–H groups in total. The lowest BCUT2D eigenvalue weighted by Gasteiger charge is -2.09. The van der Waals surface area contributed by atoms with Gasteiger partial charge in [0.2, 0.25) is 0 Å². The van der Waals surface area contributed by atoms with E-state index in [0.717, 1.165) is 5.56 Å². The first-order valence-corrected chi connectivity index (χ1v) is 8.51. The van der Waals surface area contributed by atoms with Crippen LogP contribution in [0.15, 0.2) is 42.5 Å². The van der Waals surface area contributed by atoms with E-state index < -0.39 is 5.97 Å². The third kappa shape index (κ3) is 2.49. The third-order valence-corrected chi connectivity index (χ3v) is 4.62. The minimum Gasteiger partial charge on any atom is -0.504 e. The SMILES string of the molecule is CCOC(=O)c1[nH]c2c(c1-c1ccc(OC)c(O)c1)C(=O)c1ccccc1-2. The van der Waals surface area contributed by atoms with Gasteiger partial charge in [-0.05, 0) is 24.6 Å². The Kier molecular flexibility index (Phi) is 3.96. The summed E-state index contributed by atoms with van der Waals surface area (Å²) in [5.74, 6) is -0.499. The molecule has 27 heavy (non-hydrogen) atoms. The van der Waals surface area contributed by atoms with Crippen LogP contribution in [0.5, 0.6) is 11.5 Å². The second kappa shape index (κ2) is 6.32. The monoisotopic (exact) mass is 363 g/mol. The first kappa shape index (κ1) is 16.9. The van der Waals surface area contributed by atoms with Gasteiger partial charge in [-0.2, -0.15) is 0 Å². The highest BCUT2D eigenvalue weighted by Gasteiger charge is 2.35. The van der Waals surface area contributed by atoms with Gasteiger partial charge in [0, 0.05) is 16.7 Å². The number of ketones is 1. The second-order valence-corrected chi connectivity index (χ2v) is 6.11. The minimum absolute atomic E-state index is 0.0808. The van der Waals surface area contributed by atoms with Crippen LogP contribution in [0.2, 0.25) is 0 Å². The molecule has 4 rings (SSSR count). The van der Waals surface area contributed by atoms with E-state index in [9.17, 15) is 14.7 Å². The number of ether oxygens (including phenoxy) is 2. The molecule has 1 aliphatic rings. The van der Waals surface area contributed by atoms with E-state index in [2.05, 4.69) is 4.98 Å². The maximum atomic E-state index is 13.0. The highest BCUT2D eigenvalue weighted by Crippen LogP contribution is 2.44. The molecule has 6 heteroatoms. The summed E-state index contributed by atoms with van der Waals surface area (Å²) < 4.78 is 10.2. The lowest BCUT2D eigenvalue weighted by molar-refractivity contribution is 0.0521. The van der Waals surface area contributed by atoms with Crippen molar-refractivity contribution in [2.24, 2.45) is 0 Å². The lowest BCUT2D eigenvalue weighted by atomic mass is 9.98. The number of carbonyl (C=O) groups is 2. The maximum absolute atomic E-state index is 13.0. The van der Waals surface area contributed by atoms with Gasteiger partial charge >= 0.3 is 5.97 Å². The molecule has 0 saturated carbocycles. The summed E-state index contributed by atoms with van der Waals surface area (Å²) in [4.78, 5) is 28.6. The second-order valence-electron chi connectivity index (χ2n) is 6.11. The van der Waals surface area contributed by atoms with Crippen LogP contribution in [-0.4, -0.2) is 35.6 Å². The quantitative estimate of drug-likeness (QED) is 0.539. The Morgan fingerprint density at radius 2 is 1.85 bits per heavy atom. The van der Waals surface area contributed by atoms with Crippen LogP contribution in [0.3, 0.4) is 0 Å². The molecule has 136 valence electrons. The van der Waals surface area contributed by atoms with Crippen LogP contribution in [0, 0.1) is 0 Å². The lowest BCUT2D eigenvalue weighted by Crippen LogP contribution is -2.08. The fraction of sp³-hybridized carbons (Fsp3) is 0.143. The molecule has 0 aliphatic heterocycles. The van der Waals surface area contributed by atoms with E-state index >= 15 is 0 Å². The Labute approximate surface area is 155 Å². The van der Waals surface area contributed by atoms with Gasteiger partial charge in [-0.25, -0.2) is 4.79 Å². The Morgan fingerprint density at radius 3 is 2.52 bits per heavy atom. The summed E-state index contributed by atoms with van der Waals surface area (Å²) in [5.41, 5.74) is 3.44. The topological polar surface area (TPSA) is 88.6 Å². The molecule has 1 aromatic heterocycles. The largest absolute Gasteiger partial charge is 0.504 e. The van der Waals surface area contributed by atoms with Crippen molar-refractivity contribution in [1.29, 1.82) is 0 Å². The molecule has 0 saturated heterocycles. The summed E-state index contributed by atoms with van der Waals surface area (Å²) in [6, 6.07) is 12.0. The zero-order valence-electron chi connectivity index (χ0n) is 14.8. The van der Waals surface area contributed by atoms with Gasteiger partial charge in [-0.1, -0.05) is 30.3 Å². The van der Waals surface area contributed by atoms with Gasteiger partial charge in [0.25, 0.3) is 0 Å². The van der Waals surface area contributed by atoms with Crippen molar-refractivity contribution in [2.75, 3.05) is 13.7 Å². The summed E-state index contributed by atoms with van der Waals surface area (Å²) in [7, 11) is 1.45. The van der Waals surface area contributed by atoms with Crippen molar-refractivity contribution in [3.63, 3.8) is 0 Å². The predicted molar refractivity (Wildman–Crippen MR) is 99.3 cm³/mol. The fourth-order valence-electron chi connectivity index (χ4n) is 3.45. The number of aromatic amines is 1. The molecule has 1 aliphatic carbocycles. The van der Waals surface area contributed by atoms with Gasteiger partial charge in [0.1, 0.15) is 5.69 Å². The van der Waals surface area contributed by atoms with Crippen molar-refractivity contribution in [1.82, 2.24) is 4.98 Å². The van der Waals surface area contributed by atoms with Gasteiger partial charge in [0.05, 0.1) is 25.0 Å². The number of aromatic hydroxyl groups is 1. The van der Waals surface area contributed by atoms with Crippen LogP contribution in [-0.2, 0) is 4.74 Å². The minimum atomic E-state index is -0.553. The molecule has 3 aromatic rings. The molecule has 1 heterocycles. The Morgan fingerprint density at radius 1 is 1.11 bits per heavy atom. The number of methoxy groups -OCH3 is 1. The van der Waals surface area contributed by atoms with Crippen LogP contribution < -0.4 is 4.74 Å². The molecule has 0 spiro atoms. The molecule has 0 radical (unpaired) electrons. The molecule has 0 fully saturated rings. The van der Waals surface area contributed by atoms with Gasteiger partial charge < -0.3 is 19.6 Å². The number of benzene rings is 2. The van der Waals surface area contributed by atoms with Crippen molar-refractivity contribution in [3.05, 3.63) is 59.3 Å². The number of phenols is 1. The summed E-state index contributed by atoms with van der Waals surface area (Å²) in [5, 5.41) is 10.2. The number of aromatic nitrogens is 1. The number of rotatable bonds is 4. The molecular weight excluding hydrogens is 346 g/mol. The maximum Gasteiger partial charge on any atom is 0.355 e. The van der Waals surface area contributed by atoms with Crippen molar-refractivity contribution in [2.45, 2.75) is 6.92 Å². The normalized spacial score (nSPS) is 11.9. The van der Waals surface area contributed by atoms with E-state index in [0.29, 0.717) is 33.7 Å². The fourth-order valence-corrected chi connectivity index (χ4v) is 3.45. The number of phenolic OH excluding ortho intramolecular Hbond substituents is 1. The van der Waals surface area contributed by atoms with Crippen LogP contribution >= 0.6 is 0 Å². The number of fused-ring (bicyclic) bond motifs is 3. The number of hydrogen-bond donors (Lipinski definition) is 2. The molecule has 0 bridgehead atoms. The van der Waals surface area contributed by atoms with Gasteiger partial charge in [0.15, 0.2) is 17.3 Å². The van der Waals surface area contributed by atoms with Gasteiger partial charge in [-0.3, -0.25) is 4.79 Å². The molecule has 0 amide bonds. The highest BCUT2D eigenvalue weighted by atomic mass is 16.5. The number of carbonyl (C=O) groups excluding carboxylic acids is 2. The van der Waals surface area contributed by atoms with Crippen LogP contribution in [0.1, 0.15) is 33.3 Å². The summed E-state index contributed by atoms with van der Waals surface area (Å²) in [6.07, 6.45) is 0. The highest BCUT2D eigenvalue weighted by molar-refractivity contribution is 6.26. The molecule has 6 nitrogen and oxygen atoms in total. The van der Waals surface area contributed by atoms with E-state index in [1.807, 2.05) is 12.1 Å². The average Bonchev–Trinajstić information content (AvgIpc) is 3.19. The third-order valence-electron chi connectivity index (χ3n) is 4.62. The zero-order chi connectivity index (χ0) is 19.1.